The zero-order valence-electron chi connectivity index (χ0n) is 14.3. The number of guanidine groups is 1. The lowest BCUT2D eigenvalue weighted by atomic mass is 10.1. The number of methoxy groups -OCH3 is 1. The van der Waals surface area contributed by atoms with Crippen molar-refractivity contribution in [1.29, 1.82) is 0 Å². The molecule has 22 heavy (non-hydrogen) atoms. The molecule has 6 nitrogen and oxygen atoms in total. The first-order valence-corrected chi connectivity index (χ1v) is 7.51. The fourth-order valence-electron chi connectivity index (χ4n) is 1.74. The number of nitrogens with one attached hydrogen (secondary N) is 2. The topological polar surface area (TPSA) is 63.5 Å². The molecular formula is C15H30IN5O. The summed E-state index contributed by atoms with van der Waals surface area (Å²) in [6.07, 6.45) is 3.79. The normalized spacial score (nSPS) is 13.4. The number of rotatable bonds is 8. The molecular weight excluding hydrogens is 393 g/mol. The van der Waals surface area contributed by atoms with E-state index in [1.807, 2.05) is 30.8 Å². The SMILES string of the molecule is CCNC(=NCC(C)(C)OC)NCC(C)Cn1cccn1.I. The molecule has 1 aromatic heterocycles. The summed E-state index contributed by atoms with van der Waals surface area (Å²) in [4.78, 5) is 4.57. The summed E-state index contributed by atoms with van der Waals surface area (Å²) in [6, 6.07) is 1.94. The van der Waals surface area contributed by atoms with Gasteiger partial charge < -0.3 is 15.4 Å². The second kappa shape index (κ2) is 10.8. The summed E-state index contributed by atoms with van der Waals surface area (Å²) < 4.78 is 7.34. The van der Waals surface area contributed by atoms with Gasteiger partial charge in [0.2, 0.25) is 0 Å². The van der Waals surface area contributed by atoms with Crippen molar-refractivity contribution in [1.82, 2.24) is 20.4 Å². The summed E-state index contributed by atoms with van der Waals surface area (Å²) in [5.41, 5.74) is -0.247. The van der Waals surface area contributed by atoms with Crippen LogP contribution in [0.2, 0.25) is 0 Å². The predicted molar refractivity (Wildman–Crippen MR) is 102 cm³/mol. The zero-order chi connectivity index (χ0) is 15.7. The highest BCUT2D eigenvalue weighted by molar-refractivity contribution is 14.0. The number of aliphatic imine (C=N–C) groups is 1. The Kier molecular flexibility index (Phi) is 10.4. The van der Waals surface area contributed by atoms with Crippen molar-refractivity contribution in [3.8, 4) is 0 Å². The smallest absolute Gasteiger partial charge is 0.191 e. The van der Waals surface area contributed by atoms with Gasteiger partial charge in [-0.15, -0.1) is 24.0 Å². The molecule has 0 radical (unpaired) electrons. The van der Waals surface area contributed by atoms with Crippen LogP contribution in [0.5, 0.6) is 0 Å². The Morgan fingerprint density at radius 2 is 2.14 bits per heavy atom. The van der Waals surface area contributed by atoms with Gasteiger partial charge in [0.05, 0.1) is 12.1 Å². The highest BCUT2D eigenvalue weighted by atomic mass is 127. The van der Waals surface area contributed by atoms with Gasteiger partial charge in [-0.05, 0) is 32.8 Å². The fraction of sp³-hybridized carbons (Fsp3) is 0.733. The molecule has 0 aliphatic rings. The molecule has 2 N–H and O–H groups in total. The molecule has 7 heteroatoms. The largest absolute Gasteiger partial charge is 0.377 e. The van der Waals surface area contributed by atoms with Gasteiger partial charge in [-0.25, -0.2) is 0 Å². The van der Waals surface area contributed by atoms with E-state index in [2.05, 4.69) is 34.6 Å². The van der Waals surface area contributed by atoms with Crippen molar-refractivity contribution in [3.05, 3.63) is 18.5 Å². The molecule has 1 aromatic rings. The number of halogens is 1. The molecule has 0 aliphatic carbocycles. The Labute approximate surface area is 151 Å². The highest BCUT2D eigenvalue weighted by Gasteiger charge is 2.15. The molecule has 0 amide bonds. The minimum Gasteiger partial charge on any atom is -0.377 e. The Balaban J connectivity index is 0.00000441. The third-order valence-corrected chi connectivity index (χ3v) is 3.19. The molecule has 0 aliphatic heterocycles. The molecule has 1 unspecified atom stereocenters. The van der Waals surface area contributed by atoms with Crippen LogP contribution >= 0.6 is 24.0 Å². The lowest BCUT2D eigenvalue weighted by Crippen LogP contribution is -2.41. The van der Waals surface area contributed by atoms with Crippen molar-refractivity contribution in [2.75, 3.05) is 26.7 Å². The Bertz CT molecular complexity index is 420. The lowest BCUT2D eigenvalue weighted by molar-refractivity contribution is 0.0310. The van der Waals surface area contributed by atoms with Crippen molar-refractivity contribution >= 4 is 29.9 Å². The van der Waals surface area contributed by atoms with Crippen molar-refractivity contribution in [2.24, 2.45) is 10.9 Å². The fourth-order valence-corrected chi connectivity index (χ4v) is 1.74. The van der Waals surface area contributed by atoms with Crippen LogP contribution in [-0.2, 0) is 11.3 Å². The number of ether oxygens (including phenoxy) is 1. The van der Waals surface area contributed by atoms with E-state index in [0.717, 1.165) is 25.6 Å². The van der Waals surface area contributed by atoms with E-state index in [0.29, 0.717) is 12.5 Å². The first-order chi connectivity index (χ1) is 9.96. The number of hydrogen-bond donors (Lipinski definition) is 2. The van der Waals surface area contributed by atoms with Gasteiger partial charge in [0.25, 0.3) is 0 Å². The summed E-state index contributed by atoms with van der Waals surface area (Å²) in [6.45, 7) is 11.5. The van der Waals surface area contributed by atoms with Crippen molar-refractivity contribution < 1.29 is 4.74 Å². The van der Waals surface area contributed by atoms with E-state index in [4.69, 9.17) is 4.74 Å². The molecule has 0 saturated heterocycles. The second-order valence-corrected chi connectivity index (χ2v) is 5.87. The van der Waals surface area contributed by atoms with Crippen molar-refractivity contribution in [3.63, 3.8) is 0 Å². The van der Waals surface area contributed by atoms with Crippen LogP contribution in [0.4, 0.5) is 0 Å². The molecule has 1 atom stereocenters. The van der Waals surface area contributed by atoms with Gasteiger partial charge in [0.15, 0.2) is 5.96 Å². The molecule has 0 aromatic carbocycles. The van der Waals surface area contributed by atoms with Crippen LogP contribution in [0.15, 0.2) is 23.5 Å². The van der Waals surface area contributed by atoms with Crippen molar-refractivity contribution in [2.45, 2.75) is 39.8 Å². The Morgan fingerprint density at radius 1 is 1.41 bits per heavy atom. The van der Waals surface area contributed by atoms with Gasteiger partial charge in [-0.1, -0.05) is 6.92 Å². The van der Waals surface area contributed by atoms with Crippen LogP contribution < -0.4 is 10.6 Å². The third-order valence-electron chi connectivity index (χ3n) is 3.19. The van der Waals surface area contributed by atoms with Gasteiger partial charge in [0, 0.05) is 39.1 Å². The maximum absolute atomic E-state index is 5.39. The molecule has 0 bridgehead atoms. The van der Waals surface area contributed by atoms with Gasteiger partial charge in [0.1, 0.15) is 0 Å². The lowest BCUT2D eigenvalue weighted by Gasteiger charge is -2.22. The molecule has 0 spiro atoms. The standard InChI is InChI=1S/C15H29N5O.HI/c1-6-16-14(18-12-15(3,4)21-5)17-10-13(2)11-20-9-7-8-19-20;/h7-9,13H,6,10-12H2,1-5H3,(H2,16,17,18);1H. The summed E-state index contributed by atoms with van der Waals surface area (Å²) >= 11 is 0. The minimum absolute atomic E-state index is 0. The first-order valence-electron chi connectivity index (χ1n) is 7.51. The summed E-state index contributed by atoms with van der Waals surface area (Å²) in [7, 11) is 1.71. The second-order valence-electron chi connectivity index (χ2n) is 5.87. The first kappa shape index (κ1) is 21.2. The summed E-state index contributed by atoms with van der Waals surface area (Å²) in [5, 5.41) is 10.9. The summed E-state index contributed by atoms with van der Waals surface area (Å²) in [5.74, 6) is 1.29. The van der Waals surface area contributed by atoms with E-state index >= 15 is 0 Å². The number of hydrogen-bond acceptors (Lipinski definition) is 3. The highest BCUT2D eigenvalue weighted by Crippen LogP contribution is 2.07. The molecule has 128 valence electrons. The molecule has 0 fully saturated rings. The van der Waals surface area contributed by atoms with E-state index in [1.165, 1.54) is 0 Å². The number of nitrogens with zero attached hydrogens (tertiary/aromatic N) is 3. The van der Waals surface area contributed by atoms with Gasteiger partial charge in [-0.2, -0.15) is 5.10 Å². The Morgan fingerprint density at radius 3 is 2.68 bits per heavy atom. The number of aromatic nitrogens is 2. The van der Waals surface area contributed by atoms with Crippen LogP contribution in [0.1, 0.15) is 27.7 Å². The predicted octanol–water partition coefficient (Wildman–Crippen LogP) is 2.12. The average Bonchev–Trinajstić information content (AvgIpc) is 2.95. The maximum Gasteiger partial charge on any atom is 0.191 e. The van der Waals surface area contributed by atoms with E-state index in [-0.39, 0.29) is 29.6 Å². The quantitative estimate of drug-likeness (QED) is 0.382. The minimum atomic E-state index is -0.247. The maximum atomic E-state index is 5.39. The Hall–Kier alpha value is -0.830. The van der Waals surface area contributed by atoms with E-state index in [1.54, 1.807) is 13.3 Å². The van der Waals surface area contributed by atoms with Gasteiger partial charge in [-0.3, -0.25) is 9.67 Å². The average molecular weight is 423 g/mol. The monoisotopic (exact) mass is 423 g/mol. The van der Waals surface area contributed by atoms with Gasteiger partial charge >= 0.3 is 0 Å². The van der Waals surface area contributed by atoms with Crippen LogP contribution in [0, 0.1) is 5.92 Å². The zero-order valence-corrected chi connectivity index (χ0v) is 16.6. The van der Waals surface area contributed by atoms with E-state index < -0.39 is 0 Å². The van der Waals surface area contributed by atoms with E-state index in [9.17, 15) is 0 Å². The third kappa shape index (κ3) is 8.57. The molecule has 1 heterocycles. The molecule has 1 rings (SSSR count). The van der Waals surface area contributed by atoms with Crippen LogP contribution in [0.3, 0.4) is 0 Å². The van der Waals surface area contributed by atoms with Crippen LogP contribution in [0.25, 0.3) is 0 Å². The van der Waals surface area contributed by atoms with Crippen LogP contribution in [-0.4, -0.2) is 48.1 Å². The molecule has 0 saturated carbocycles.